The van der Waals surface area contributed by atoms with Crippen molar-refractivity contribution in [1.29, 1.82) is 0 Å². The van der Waals surface area contributed by atoms with Gasteiger partial charge < -0.3 is 19.4 Å². The molecule has 3 aromatic rings. The summed E-state index contributed by atoms with van der Waals surface area (Å²) in [4.78, 5) is 3.21. The lowest BCUT2D eigenvalue weighted by Crippen LogP contribution is -1.96. The molecule has 7 heteroatoms. The number of aliphatic hydroxyl groups is 1. The van der Waals surface area contributed by atoms with Crippen LogP contribution in [0.15, 0.2) is 28.8 Å². The molecule has 0 spiro atoms. The van der Waals surface area contributed by atoms with Crippen LogP contribution in [0.25, 0.3) is 10.9 Å². The molecule has 0 saturated heterocycles. The summed E-state index contributed by atoms with van der Waals surface area (Å²) in [6.45, 7) is 2.15. The first kappa shape index (κ1) is 16.7. The standard InChI is InChI=1S/C14H12Cl2N2O2.CH4O/c1-8-2-11(18-20-8)7-19-14-5-13-9(4-12(14)16)3-10(6-15)17-13;1-2/h2-5,17H,6-7H2,1H3;2H,1H3. The highest BCUT2D eigenvalue weighted by atomic mass is 35.5. The van der Waals surface area contributed by atoms with E-state index in [2.05, 4.69) is 10.1 Å². The van der Waals surface area contributed by atoms with Gasteiger partial charge in [0.25, 0.3) is 0 Å². The van der Waals surface area contributed by atoms with E-state index in [1.807, 2.05) is 31.2 Å². The third kappa shape index (κ3) is 3.74. The molecule has 3 rings (SSSR count). The number of nitrogens with zero attached hydrogens (tertiary/aromatic N) is 1. The van der Waals surface area contributed by atoms with Gasteiger partial charge in [-0.05, 0) is 19.1 Å². The number of aromatic nitrogens is 2. The number of rotatable bonds is 4. The molecule has 2 aromatic heterocycles. The van der Waals surface area contributed by atoms with E-state index in [-0.39, 0.29) is 0 Å². The van der Waals surface area contributed by atoms with Gasteiger partial charge in [-0.2, -0.15) is 0 Å². The van der Waals surface area contributed by atoms with Gasteiger partial charge in [0, 0.05) is 35.8 Å². The Hall–Kier alpha value is -1.69. The Bertz CT molecular complexity index is 752. The van der Waals surface area contributed by atoms with Crippen molar-refractivity contribution in [3.63, 3.8) is 0 Å². The van der Waals surface area contributed by atoms with E-state index < -0.39 is 0 Å². The van der Waals surface area contributed by atoms with Crippen LogP contribution in [0, 0.1) is 6.92 Å². The van der Waals surface area contributed by atoms with Gasteiger partial charge >= 0.3 is 0 Å². The number of benzene rings is 1. The molecule has 0 amide bonds. The van der Waals surface area contributed by atoms with Gasteiger partial charge in [0.05, 0.1) is 10.9 Å². The fourth-order valence-electron chi connectivity index (χ4n) is 2.01. The first-order chi connectivity index (χ1) is 10.7. The Morgan fingerprint density at radius 1 is 1.27 bits per heavy atom. The van der Waals surface area contributed by atoms with E-state index in [1.165, 1.54) is 0 Å². The van der Waals surface area contributed by atoms with E-state index >= 15 is 0 Å². The number of aromatic amines is 1. The smallest absolute Gasteiger partial charge is 0.140 e. The molecule has 0 bridgehead atoms. The fourth-order valence-corrected chi connectivity index (χ4v) is 2.38. The Labute approximate surface area is 137 Å². The predicted molar refractivity (Wildman–Crippen MR) is 86.6 cm³/mol. The van der Waals surface area contributed by atoms with Crippen LogP contribution in [-0.2, 0) is 12.5 Å². The lowest BCUT2D eigenvalue weighted by Gasteiger charge is -2.06. The van der Waals surface area contributed by atoms with Crippen LogP contribution in [0.1, 0.15) is 17.1 Å². The summed E-state index contributed by atoms with van der Waals surface area (Å²) in [5.41, 5.74) is 2.62. The third-order valence-electron chi connectivity index (χ3n) is 2.93. The molecule has 22 heavy (non-hydrogen) atoms. The highest BCUT2D eigenvalue weighted by molar-refractivity contribution is 6.32. The minimum Gasteiger partial charge on any atom is -0.486 e. The Balaban J connectivity index is 0.000000847. The third-order valence-corrected chi connectivity index (χ3v) is 3.51. The van der Waals surface area contributed by atoms with Crippen LogP contribution in [0.4, 0.5) is 0 Å². The monoisotopic (exact) mass is 342 g/mol. The van der Waals surface area contributed by atoms with E-state index in [9.17, 15) is 0 Å². The number of H-pyrrole nitrogens is 1. The van der Waals surface area contributed by atoms with Crippen molar-refractivity contribution in [1.82, 2.24) is 10.1 Å². The Morgan fingerprint density at radius 3 is 2.68 bits per heavy atom. The molecular weight excluding hydrogens is 327 g/mol. The number of aryl methyl sites for hydroxylation is 1. The molecule has 0 fully saturated rings. The quantitative estimate of drug-likeness (QED) is 0.701. The van der Waals surface area contributed by atoms with Gasteiger partial charge in [-0.1, -0.05) is 16.8 Å². The van der Waals surface area contributed by atoms with Gasteiger partial charge in [-0.15, -0.1) is 11.6 Å². The lowest BCUT2D eigenvalue weighted by atomic mass is 10.2. The largest absolute Gasteiger partial charge is 0.486 e. The predicted octanol–water partition coefficient (Wildman–Crippen LogP) is 4.04. The molecule has 5 nitrogen and oxygen atoms in total. The minimum absolute atomic E-state index is 0.311. The summed E-state index contributed by atoms with van der Waals surface area (Å²) in [6.07, 6.45) is 0. The van der Waals surface area contributed by atoms with Crippen molar-refractivity contribution < 1.29 is 14.4 Å². The van der Waals surface area contributed by atoms with Crippen molar-refractivity contribution in [3.05, 3.63) is 46.4 Å². The number of fused-ring (bicyclic) bond motifs is 1. The van der Waals surface area contributed by atoms with Crippen molar-refractivity contribution in [2.75, 3.05) is 7.11 Å². The van der Waals surface area contributed by atoms with Crippen LogP contribution in [0.3, 0.4) is 0 Å². The summed E-state index contributed by atoms with van der Waals surface area (Å²) in [7, 11) is 1.00. The number of ether oxygens (including phenoxy) is 1. The zero-order valence-corrected chi connectivity index (χ0v) is 13.7. The maximum absolute atomic E-state index is 7.00. The highest BCUT2D eigenvalue weighted by Gasteiger charge is 2.09. The van der Waals surface area contributed by atoms with Gasteiger partial charge in [-0.3, -0.25) is 0 Å². The summed E-state index contributed by atoms with van der Waals surface area (Å²) in [5, 5.41) is 12.4. The Morgan fingerprint density at radius 2 is 2.05 bits per heavy atom. The molecule has 1 aromatic carbocycles. The molecule has 0 aliphatic heterocycles. The molecule has 2 heterocycles. The van der Waals surface area contributed by atoms with Crippen LogP contribution in [0.5, 0.6) is 5.75 Å². The number of aliphatic hydroxyl groups excluding tert-OH is 1. The maximum atomic E-state index is 7.00. The molecule has 118 valence electrons. The summed E-state index contributed by atoms with van der Waals surface area (Å²) >= 11 is 12.0. The van der Waals surface area contributed by atoms with Gasteiger partial charge in [-0.25, -0.2) is 0 Å². The van der Waals surface area contributed by atoms with Crippen LogP contribution in [0.2, 0.25) is 5.02 Å². The average molecular weight is 343 g/mol. The van der Waals surface area contributed by atoms with Gasteiger partial charge in [0.2, 0.25) is 0 Å². The first-order valence-electron chi connectivity index (χ1n) is 6.52. The normalized spacial score (nSPS) is 10.4. The van der Waals surface area contributed by atoms with E-state index in [4.69, 9.17) is 37.6 Å². The van der Waals surface area contributed by atoms with Crippen LogP contribution >= 0.6 is 23.2 Å². The molecule has 0 aliphatic carbocycles. The fraction of sp³-hybridized carbons (Fsp3) is 0.267. The minimum atomic E-state index is 0.311. The average Bonchev–Trinajstić information content (AvgIpc) is 3.12. The second kappa shape index (κ2) is 7.54. The molecule has 0 atom stereocenters. The zero-order chi connectivity index (χ0) is 16.1. The van der Waals surface area contributed by atoms with E-state index in [0.717, 1.165) is 35.2 Å². The lowest BCUT2D eigenvalue weighted by molar-refractivity contribution is 0.288. The van der Waals surface area contributed by atoms with Crippen molar-refractivity contribution >= 4 is 34.1 Å². The summed E-state index contributed by atoms with van der Waals surface area (Å²) in [5.74, 6) is 1.78. The van der Waals surface area contributed by atoms with E-state index in [1.54, 1.807) is 0 Å². The topological polar surface area (TPSA) is 71.3 Å². The van der Waals surface area contributed by atoms with Gasteiger partial charge in [0.15, 0.2) is 0 Å². The number of hydrogen-bond acceptors (Lipinski definition) is 4. The van der Waals surface area contributed by atoms with Crippen molar-refractivity contribution in [2.45, 2.75) is 19.4 Å². The SMILES string of the molecule is CO.Cc1cc(COc2cc3[nH]c(CCl)cc3cc2Cl)no1. The molecule has 0 unspecified atom stereocenters. The summed E-state index contributed by atoms with van der Waals surface area (Å²) < 4.78 is 10.7. The van der Waals surface area contributed by atoms with Crippen LogP contribution < -0.4 is 4.74 Å². The second-order valence-electron chi connectivity index (χ2n) is 4.52. The van der Waals surface area contributed by atoms with Gasteiger partial charge in [0.1, 0.15) is 23.8 Å². The maximum Gasteiger partial charge on any atom is 0.140 e. The number of alkyl halides is 1. The highest BCUT2D eigenvalue weighted by Crippen LogP contribution is 2.31. The molecule has 2 N–H and O–H groups in total. The van der Waals surface area contributed by atoms with E-state index in [0.29, 0.717) is 23.3 Å². The zero-order valence-electron chi connectivity index (χ0n) is 12.2. The molecule has 0 aliphatic rings. The molecule has 0 saturated carbocycles. The second-order valence-corrected chi connectivity index (χ2v) is 5.19. The summed E-state index contributed by atoms with van der Waals surface area (Å²) in [6, 6.07) is 7.51. The first-order valence-corrected chi connectivity index (χ1v) is 7.44. The number of hydrogen-bond donors (Lipinski definition) is 2. The number of nitrogens with one attached hydrogen (secondary N) is 1. The van der Waals surface area contributed by atoms with Crippen molar-refractivity contribution in [3.8, 4) is 5.75 Å². The van der Waals surface area contributed by atoms with Crippen LogP contribution in [-0.4, -0.2) is 22.4 Å². The van der Waals surface area contributed by atoms with Crippen molar-refractivity contribution in [2.24, 2.45) is 0 Å². The molecule has 0 radical (unpaired) electrons. The number of halogens is 2. The Kier molecular flexibility index (Phi) is 5.71. The molecular formula is C15H16Cl2N2O3.